The lowest BCUT2D eigenvalue weighted by molar-refractivity contribution is 0.129. The quantitative estimate of drug-likeness (QED) is 0.574. The molecule has 4 heteroatoms. The predicted molar refractivity (Wildman–Crippen MR) is 83.9 cm³/mol. The molecule has 1 saturated heterocycles. The fourth-order valence-electron chi connectivity index (χ4n) is 2.36. The van der Waals surface area contributed by atoms with E-state index in [1.54, 1.807) is 0 Å². The van der Waals surface area contributed by atoms with Gasteiger partial charge in [-0.25, -0.2) is 0 Å². The molecule has 0 aliphatic carbocycles. The summed E-state index contributed by atoms with van der Waals surface area (Å²) in [6.45, 7) is 6.47. The van der Waals surface area contributed by atoms with Crippen molar-refractivity contribution in [1.29, 1.82) is 0 Å². The molecule has 0 amide bonds. The summed E-state index contributed by atoms with van der Waals surface area (Å²) in [6, 6.07) is 0. The number of unbranched alkanes of at least 4 members (excludes halogenated alkanes) is 1. The summed E-state index contributed by atoms with van der Waals surface area (Å²) in [6.07, 6.45) is 7.60. The van der Waals surface area contributed by atoms with E-state index in [0.29, 0.717) is 6.10 Å². The molecule has 19 heavy (non-hydrogen) atoms. The van der Waals surface area contributed by atoms with Crippen molar-refractivity contribution in [2.45, 2.75) is 64.0 Å². The van der Waals surface area contributed by atoms with E-state index in [1.165, 1.54) is 31.4 Å². The molecule has 1 aliphatic heterocycles. The predicted octanol–water partition coefficient (Wildman–Crippen LogP) is 2.82. The molecule has 2 unspecified atom stereocenters. The summed E-state index contributed by atoms with van der Waals surface area (Å²) < 4.78 is 5.61. The van der Waals surface area contributed by atoms with Crippen LogP contribution in [-0.2, 0) is 4.74 Å². The molecule has 0 aromatic heterocycles. The molecular weight excluding hydrogens is 258 g/mol. The Labute approximate surface area is 122 Å². The van der Waals surface area contributed by atoms with Crippen molar-refractivity contribution in [3.05, 3.63) is 0 Å². The summed E-state index contributed by atoms with van der Waals surface area (Å²) in [5.41, 5.74) is -0.0881. The zero-order chi connectivity index (χ0) is 14.0. The van der Waals surface area contributed by atoms with Crippen LogP contribution in [0.1, 0.15) is 52.4 Å². The third-order valence-electron chi connectivity index (χ3n) is 3.75. The van der Waals surface area contributed by atoms with Gasteiger partial charge in [0.25, 0.3) is 0 Å². The molecule has 0 aromatic carbocycles. The Morgan fingerprint density at radius 1 is 1.42 bits per heavy atom. The van der Waals surface area contributed by atoms with Crippen molar-refractivity contribution in [3.8, 4) is 0 Å². The molecule has 2 N–H and O–H groups in total. The lowest BCUT2D eigenvalue weighted by atomic mass is 9.96. The average molecular weight is 289 g/mol. The van der Waals surface area contributed by atoms with Gasteiger partial charge in [0.05, 0.1) is 12.7 Å². The maximum atomic E-state index is 9.47. The SMILES string of the molecule is CCCNC(C)(CO)CCCCSCC1CCCO1. The average Bonchev–Trinajstić information content (AvgIpc) is 2.93. The van der Waals surface area contributed by atoms with Crippen LogP contribution in [0.4, 0.5) is 0 Å². The maximum Gasteiger partial charge on any atom is 0.0666 e. The second kappa shape index (κ2) is 10.0. The zero-order valence-electron chi connectivity index (χ0n) is 12.6. The van der Waals surface area contributed by atoms with Crippen LogP contribution < -0.4 is 5.32 Å². The highest BCUT2D eigenvalue weighted by molar-refractivity contribution is 7.99. The Hall–Kier alpha value is 0.230. The Bertz CT molecular complexity index is 222. The minimum Gasteiger partial charge on any atom is -0.394 e. The Morgan fingerprint density at radius 2 is 2.26 bits per heavy atom. The van der Waals surface area contributed by atoms with Gasteiger partial charge in [-0.15, -0.1) is 0 Å². The first-order valence-electron chi connectivity index (χ1n) is 7.75. The van der Waals surface area contributed by atoms with Crippen molar-refractivity contribution in [3.63, 3.8) is 0 Å². The van der Waals surface area contributed by atoms with Gasteiger partial charge in [0, 0.05) is 17.9 Å². The molecule has 1 heterocycles. The summed E-state index contributed by atoms with van der Waals surface area (Å²) in [7, 11) is 0. The Balaban J connectivity index is 1.98. The molecular formula is C15H31NO2S. The zero-order valence-corrected chi connectivity index (χ0v) is 13.4. The summed E-state index contributed by atoms with van der Waals surface area (Å²) >= 11 is 2.02. The van der Waals surface area contributed by atoms with Crippen LogP contribution in [0.3, 0.4) is 0 Å². The van der Waals surface area contributed by atoms with Gasteiger partial charge in [-0.05, 0) is 51.3 Å². The van der Waals surface area contributed by atoms with Crippen LogP contribution in [0.2, 0.25) is 0 Å². The molecule has 2 atom stereocenters. The van der Waals surface area contributed by atoms with Crippen LogP contribution >= 0.6 is 11.8 Å². The largest absolute Gasteiger partial charge is 0.394 e. The van der Waals surface area contributed by atoms with Gasteiger partial charge in [0.15, 0.2) is 0 Å². The highest BCUT2D eigenvalue weighted by Crippen LogP contribution is 2.19. The van der Waals surface area contributed by atoms with Gasteiger partial charge in [-0.3, -0.25) is 0 Å². The number of aliphatic hydroxyl groups is 1. The summed E-state index contributed by atoms with van der Waals surface area (Å²) in [4.78, 5) is 0. The monoisotopic (exact) mass is 289 g/mol. The highest BCUT2D eigenvalue weighted by atomic mass is 32.2. The van der Waals surface area contributed by atoms with Gasteiger partial charge in [0.2, 0.25) is 0 Å². The molecule has 1 aliphatic rings. The van der Waals surface area contributed by atoms with E-state index < -0.39 is 0 Å². The standard InChI is InChI=1S/C15H31NO2S/c1-3-9-16-15(2,13-17)8-4-5-11-19-12-14-7-6-10-18-14/h14,16-17H,3-13H2,1-2H3. The van der Waals surface area contributed by atoms with E-state index in [-0.39, 0.29) is 12.1 Å². The fraction of sp³-hybridized carbons (Fsp3) is 1.00. The Morgan fingerprint density at radius 3 is 2.89 bits per heavy atom. The van der Waals surface area contributed by atoms with Gasteiger partial charge >= 0.3 is 0 Å². The third-order valence-corrected chi connectivity index (χ3v) is 4.93. The number of ether oxygens (including phenoxy) is 1. The molecule has 0 spiro atoms. The van der Waals surface area contributed by atoms with Gasteiger partial charge in [-0.2, -0.15) is 11.8 Å². The van der Waals surface area contributed by atoms with Gasteiger partial charge < -0.3 is 15.2 Å². The number of rotatable bonds is 11. The van der Waals surface area contributed by atoms with Crippen LogP contribution in [0.25, 0.3) is 0 Å². The van der Waals surface area contributed by atoms with Crippen LogP contribution in [-0.4, -0.2) is 48.0 Å². The minimum atomic E-state index is -0.0881. The van der Waals surface area contributed by atoms with Crippen LogP contribution in [0.5, 0.6) is 0 Å². The Kier molecular flexibility index (Phi) is 9.12. The number of thioether (sulfide) groups is 1. The molecule has 3 nitrogen and oxygen atoms in total. The molecule has 0 bridgehead atoms. The second-order valence-electron chi connectivity index (χ2n) is 5.81. The molecule has 1 rings (SSSR count). The van der Waals surface area contributed by atoms with E-state index in [0.717, 1.165) is 31.7 Å². The minimum absolute atomic E-state index is 0.0881. The first-order chi connectivity index (χ1) is 9.20. The van der Waals surface area contributed by atoms with Gasteiger partial charge in [0.1, 0.15) is 0 Å². The normalized spacial score (nSPS) is 22.6. The van der Waals surface area contributed by atoms with Crippen molar-refractivity contribution < 1.29 is 9.84 Å². The van der Waals surface area contributed by atoms with Crippen molar-refractivity contribution >= 4 is 11.8 Å². The molecule has 114 valence electrons. The smallest absolute Gasteiger partial charge is 0.0666 e. The van der Waals surface area contributed by atoms with Crippen molar-refractivity contribution in [2.24, 2.45) is 0 Å². The number of nitrogens with one attached hydrogen (secondary N) is 1. The highest BCUT2D eigenvalue weighted by Gasteiger charge is 2.21. The number of aliphatic hydroxyl groups excluding tert-OH is 1. The van der Waals surface area contributed by atoms with Crippen LogP contribution in [0.15, 0.2) is 0 Å². The molecule has 0 radical (unpaired) electrons. The van der Waals surface area contributed by atoms with Crippen molar-refractivity contribution in [1.82, 2.24) is 5.32 Å². The molecule has 1 fully saturated rings. The van der Waals surface area contributed by atoms with E-state index in [2.05, 4.69) is 19.2 Å². The molecule has 0 aromatic rings. The lowest BCUT2D eigenvalue weighted by Crippen LogP contribution is -2.46. The topological polar surface area (TPSA) is 41.5 Å². The second-order valence-corrected chi connectivity index (χ2v) is 6.96. The first kappa shape index (κ1) is 17.3. The fourth-order valence-corrected chi connectivity index (χ4v) is 3.46. The number of hydrogen-bond acceptors (Lipinski definition) is 4. The number of hydrogen-bond donors (Lipinski definition) is 2. The summed E-state index contributed by atoms with van der Waals surface area (Å²) in [5.74, 6) is 2.38. The van der Waals surface area contributed by atoms with E-state index in [4.69, 9.17) is 4.74 Å². The van der Waals surface area contributed by atoms with Gasteiger partial charge in [-0.1, -0.05) is 13.3 Å². The molecule has 0 saturated carbocycles. The van der Waals surface area contributed by atoms with E-state index in [1.807, 2.05) is 11.8 Å². The van der Waals surface area contributed by atoms with Crippen molar-refractivity contribution in [2.75, 3.05) is 31.3 Å². The lowest BCUT2D eigenvalue weighted by Gasteiger charge is -2.28. The summed E-state index contributed by atoms with van der Waals surface area (Å²) in [5, 5.41) is 12.9. The van der Waals surface area contributed by atoms with E-state index >= 15 is 0 Å². The first-order valence-corrected chi connectivity index (χ1v) is 8.91. The third kappa shape index (κ3) is 7.54. The maximum absolute atomic E-state index is 9.47. The van der Waals surface area contributed by atoms with Crippen LogP contribution in [0, 0.1) is 0 Å². The van der Waals surface area contributed by atoms with E-state index in [9.17, 15) is 5.11 Å².